The van der Waals surface area contributed by atoms with Crippen LogP contribution in [0, 0.1) is 5.92 Å². The predicted octanol–water partition coefficient (Wildman–Crippen LogP) is -0.0533. The van der Waals surface area contributed by atoms with Crippen LogP contribution in [0.3, 0.4) is 0 Å². The van der Waals surface area contributed by atoms with E-state index in [1.807, 2.05) is 0 Å². The van der Waals surface area contributed by atoms with E-state index < -0.39 is 5.92 Å². The van der Waals surface area contributed by atoms with Crippen molar-refractivity contribution >= 4 is 29.1 Å². The van der Waals surface area contributed by atoms with Crippen molar-refractivity contribution in [3.63, 3.8) is 0 Å². The number of thiocarbonyl (C=S) groups is 1. The first-order chi connectivity index (χ1) is 8.43. The summed E-state index contributed by atoms with van der Waals surface area (Å²) in [6, 6.07) is 0. The van der Waals surface area contributed by atoms with Gasteiger partial charge in [-0.05, 0) is 6.92 Å². The number of carbonyl (C=O) groups excluding carboxylic acids is 2. The van der Waals surface area contributed by atoms with Crippen LogP contribution in [0.15, 0.2) is 0 Å². The first-order valence-electron chi connectivity index (χ1n) is 5.57. The van der Waals surface area contributed by atoms with E-state index in [-0.39, 0.29) is 29.8 Å². The number of methoxy groups -OCH3 is 2. The van der Waals surface area contributed by atoms with Crippen LogP contribution in [-0.4, -0.2) is 55.7 Å². The van der Waals surface area contributed by atoms with Gasteiger partial charge >= 0.3 is 5.97 Å². The van der Waals surface area contributed by atoms with Crippen LogP contribution < -0.4 is 5.73 Å². The highest BCUT2D eigenvalue weighted by Crippen LogP contribution is 2.05. The molecule has 2 N–H and O–H groups in total. The van der Waals surface area contributed by atoms with Gasteiger partial charge in [-0.3, -0.25) is 9.59 Å². The second-order valence-electron chi connectivity index (χ2n) is 3.77. The highest BCUT2D eigenvalue weighted by molar-refractivity contribution is 7.80. The molecular formula is C11H20N2O4S. The molecule has 0 saturated heterocycles. The standard InChI is InChI=1S/C11H20N2O4S/c1-8(10(12)18)11(15)13(6-7-16-2)5-4-9(14)17-3/h8H,4-7H2,1-3H3,(H2,12,18). The van der Waals surface area contributed by atoms with Crippen LogP contribution in [0.2, 0.25) is 0 Å². The van der Waals surface area contributed by atoms with Crippen LogP contribution in [-0.2, 0) is 19.1 Å². The zero-order valence-electron chi connectivity index (χ0n) is 11.0. The molecule has 1 unspecified atom stereocenters. The average molecular weight is 276 g/mol. The van der Waals surface area contributed by atoms with E-state index in [4.69, 9.17) is 22.7 Å². The number of nitrogens with two attached hydrogens (primary N) is 1. The van der Waals surface area contributed by atoms with Gasteiger partial charge in [-0.1, -0.05) is 12.2 Å². The summed E-state index contributed by atoms with van der Waals surface area (Å²) in [5.74, 6) is -1.12. The van der Waals surface area contributed by atoms with Crippen molar-refractivity contribution < 1.29 is 19.1 Å². The first kappa shape index (κ1) is 16.8. The summed E-state index contributed by atoms with van der Waals surface area (Å²) in [7, 11) is 2.85. The lowest BCUT2D eigenvalue weighted by Crippen LogP contribution is -2.42. The number of esters is 1. The Bertz CT molecular complexity index is 309. The smallest absolute Gasteiger partial charge is 0.307 e. The molecule has 1 atom stereocenters. The lowest BCUT2D eigenvalue weighted by molar-refractivity contribution is -0.142. The number of nitrogens with zero attached hydrogens (tertiary/aromatic N) is 1. The van der Waals surface area contributed by atoms with Crippen molar-refractivity contribution in [2.24, 2.45) is 11.7 Å². The minimum atomic E-state index is -0.547. The fourth-order valence-corrected chi connectivity index (χ4v) is 1.36. The summed E-state index contributed by atoms with van der Waals surface area (Å²) < 4.78 is 9.46. The van der Waals surface area contributed by atoms with E-state index in [0.29, 0.717) is 13.2 Å². The Morgan fingerprint density at radius 2 is 1.94 bits per heavy atom. The van der Waals surface area contributed by atoms with Crippen molar-refractivity contribution in [1.82, 2.24) is 4.90 Å². The van der Waals surface area contributed by atoms with Gasteiger partial charge in [-0.2, -0.15) is 0 Å². The Morgan fingerprint density at radius 3 is 2.39 bits per heavy atom. The summed E-state index contributed by atoms with van der Waals surface area (Å²) in [6.45, 7) is 2.68. The maximum atomic E-state index is 12.0. The van der Waals surface area contributed by atoms with Gasteiger partial charge in [0.25, 0.3) is 0 Å². The third-order valence-electron chi connectivity index (χ3n) is 2.49. The number of rotatable bonds is 8. The van der Waals surface area contributed by atoms with Gasteiger partial charge in [0, 0.05) is 20.2 Å². The van der Waals surface area contributed by atoms with Crippen molar-refractivity contribution in [3.8, 4) is 0 Å². The molecule has 0 radical (unpaired) electrons. The molecular weight excluding hydrogens is 256 g/mol. The molecule has 0 aromatic rings. The van der Waals surface area contributed by atoms with Gasteiger partial charge in [0.15, 0.2) is 0 Å². The summed E-state index contributed by atoms with van der Waals surface area (Å²) in [5, 5.41) is 0. The second kappa shape index (κ2) is 8.82. The number of hydrogen-bond acceptors (Lipinski definition) is 5. The zero-order valence-corrected chi connectivity index (χ0v) is 11.8. The number of amides is 1. The van der Waals surface area contributed by atoms with Crippen molar-refractivity contribution in [2.75, 3.05) is 33.9 Å². The van der Waals surface area contributed by atoms with Gasteiger partial charge in [0.2, 0.25) is 5.91 Å². The van der Waals surface area contributed by atoms with Crippen molar-refractivity contribution in [2.45, 2.75) is 13.3 Å². The molecule has 0 aliphatic rings. The Hall–Kier alpha value is -1.21. The van der Waals surface area contributed by atoms with Crippen LogP contribution in [0.25, 0.3) is 0 Å². The lowest BCUT2D eigenvalue weighted by atomic mass is 10.1. The molecule has 0 aliphatic heterocycles. The fraction of sp³-hybridized carbons (Fsp3) is 0.727. The third kappa shape index (κ3) is 5.92. The Labute approximate surface area is 112 Å². The van der Waals surface area contributed by atoms with Crippen LogP contribution in [0.5, 0.6) is 0 Å². The van der Waals surface area contributed by atoms with E-state index in [1.165, 1.54) is 12.0 Å². The van der Waals surface area contributed by atoms with Gasteiger partial charge in [-0.15, -0.1) is 0 Å². The molecule has 0 aromatic carbocycles. The summed E-state index contributed by atoms with van der Waals surface area (Å²) in [5.41, 5.74) is 5.45. The van der Waals surface area contributed by atoms with Crippen molar-refractivity contribution in [1.29, 1.82) is 0 Å². The summed E-state index contributed by atoms with van der Waals surface area (Å²) >= 11 is 4.79. The van der Waals surface area contributed by atoms with Crippen LogP contribution >= 0.6 is 12.2 Å². The highest BCUT2D eigenvalue weighted by atomic mass is 32.1. The van der Waals surface area contributed by atoms with E-state index >= 15 is 0 Å². The Morgan fingerprint density at radius 1 is 1.33 bits per heavy atom. The lowest BCUT2D eigenvalue weighted by Gasteiger charge is -2.24. The minimum Gasteiger partial charge on any atom is -0.469 e. The number of hydrogen-bond donors (Lipinski definition) is 1. The second-order valence-corrected chi connectivity index (χ2v) is 4.24. The molecule has 0 bridgehead atoms. The Balaban J connectivity index is 4.50. The SMILES string of the molecule is COCCN(CCC(=O)OC)C(=O)C(C)C(N)=S. The topological polar surface area (TPSA) is 81.9 Å². The van der Waals surface area contributed by atoms with E-state index in [1.54, 1.807) is 14.0 Å². The number of carbonyl (C=O) groups is 2. The predicted molar refractivity (Wildman–Crippen MR) is 71.0 cm³/mol. The maximum Gasteiger partial charge on any atom is 0.307 e. The molecule has 0 rings (SSSR count). The molecule has 0 spiro atoms. The molecule has 18 heavy (non-hydrogen) atoms. The third-order valence-corrected chi connectivity index (χ3v) is 2.84. The van der Waals surface area contributed by atoms with Gasteiger partial charge in [0.1, 0.15) is 0 Å². The van der Waals surface area contributed by atoms with Gasteiger partial charge in [-0.25, -0.2) is 0 Å². The molecule has 1 amide bonds. The van der Waals surface area contributed by atoms with E-state index in [9.17, 15) is 9.59 Å². The van der Waals surface area contributed by atoms with E-state index in [2.05, 4.69) is 4.74 Å². The molecule has 0 saturated carbocycles. The highest BCUT2D eigenvalue weighted by Gasteiger charge is 2.22. The monoisotopic (exact) mass is 276 g/mol. The fourth-order valence-electron chi connectivity index (χ4n) is 1.26. The molecule has 0 aliphatic carbocycles. The molecule has 0 heterocycles. The minimum absolute atomic E-state index is 0.135. The van der Waals surface area contributed by atoms with E-state index in [0.717, 1.165) is 0 Å². The number of ether oxygens (including phenoxy) is 2. The largest absolute Gasteiger partial charge is 0.469 e. The zero-order chi connectivity index (χ0) is 14.1. The first-order valence-corrected chi connectivity index (χ1v) is 5.98. The van der Waals surface area contributed by atoms with Crippen LogP contribution in [0.4, 0.5) is 0 Å². The molecule has 6 nitrogen and oxygen atoms in total. The van der Waals surface area contributed by atoms with Crippen LogP contribution in [0.1, 0.15) is 13.3 Å². The quantitative estimate of drug-likeness (QED) is 0.494. The summed E-state index contributed by atoms with van der Waals surface area (Å²) in [4.78, 5) is 24.8. The Kier molecular flexibility index (Phi) is 8.23. The van der Waals surface area contributed by atoms with Gasteiger partial charge < -0.3 is 20.1 Å². The maximum absolute atomic E-state index is 12.0. The summed E-state index contributed by atoms with van der Waals surface area (Å²) in [6.07, 6.45) is 0.135. The molecule has 7 heteroatoms. The van der Waals surface area contributed by atoms with Crippen molar-refractivity contribution in [3.05, 3.63) is 0 Å². The molecule has 0 aromatic heterocycles. The average Bonchev–Trinajstić information content (AvgIpc) is 2.36. The molecule has 0 fully saturated rings. The van der Waals surface area contributed by atoms with Gasteiger partial charge in [0.05, 0.1) is 31.0 Å². The normalized spacial score (nSPS) is 11.7. The molecule has 104 valence electrons.